The maximum absolute atomic E-state index is 12.7. The summed E-state index contributed by atoms with van der Waals surface area (Å²) in [5.41, 5.74) is 3.90. The fourth-order valence-electron chi connectivity index (χ4n) is 3.36. The summed E-state index contributed by atoms with van der Waals surface area (Å²) in [6, 6.07) is 16.2. The fourth-order valence-corrected chi connectivity index (χ4v) is 3.85. The molecule has 1 aromatic heterocycles. The van der Waals surface area contributed by atoms with Gasteiger partial charge in [0.25, 0.3) is 5.91 Å². The van der Waals surface area contributed by atoms with Gasteiger partial charge in [-0.25, -0.2) is 4.98 Å². The average Bonchev–Trinajstić information content (AvgIpc) is 3.19. The van der Waals surface area contributed by atoms with Crippen molar-refractivity contribution in [1.82, 2.24) is 15.3 Å². The molecular weight excluding hydrogens is 469 g/mol. The first-order chi connectivity index (χ1) is 15.4. The first kappa shape index (κ1) is 22.5. The molecule has 2 N–H and O–H groups in total. The second-order valence-corrected chi connectivity index (χ2v) is 8.40. The van der Waals surface area contributed by atoms with Crippen molar-refractivity contribution < 1.29 is 9.53 Å². The van der Waals surface area contributed by atoms with Gasteiger partial charge in [-0.05, 0) is 67.4 Å². The number of carbonyl (C=O) groups is 1. The van der Waals surface area contributed by atoms with Gasteiger partial charge in [0.1, 0.15) is 11.6 Å². The van der Waals surface area contributed by atoms with Gasteiger partial charge in [-0.1, -0.05) is 40.9 Å². The van der Waals surface area contributed by atoms with Crippen LogP contribution in [0.2, 0.25) is 15.1 Å². The molecular formula is C24H20Cl3N3O2. The van der Waals surface area contributed by atoms with Gasteiger partial charge in [-0.2, -0.15) is 0 Å². The molecule has 4 aromatic rings. The Morgan fingerprint density at radius 2 is 1.88 bits per heavy atom. The number of rotatable bonds is 7. The topological polar surface area (TPSA) is 67.0 Å². The van der Waals surface area contributed by atoms with Crippen LogP contribution < -0.4 is 10.1 Å². The summed E-state index contributed by atoms with van der Waals surface area (Å²) in [6.45, 7) is 2.82. The number of aromatic nitrogens is 2. The second-order valence-electron chi connectivity index (χ2n) is 7.15. The Labute approximate surface area is 200 Å². The van der Waals surface area contributed by atoms with E-state index in [1.54, 1.807) is 30.3 Å². The van der Waals surface area contributed by atoms with Gasteiger partial charge < -0.3 is 15.0 Å². The highest BCUT2D eigenvalue weighted by Crippen LogP contribution is 2.31. The van der Waals surface area contributed by atoms with Crippen molar-refractivity contribution in [3.8, 4) is 17.1 Å². The van der Waals surface area contributed by atoms with Crippen LogP contribution in [0, 0.1) is 0 Å². The minimum Gasteiger partial charge on any atom is -0.493 e. The van der Waals surface area contributed by atoms with Crippen molar-refractivity contribution in [1.29, 1.82) is 0 Å². The maximum atomic E-state index is 12.7. The number of amides is 1. The van der Waals surface area contributed by atoms with Crippen LogP contribution in [0.15, 0.2) is 54.6 Å². The van der Waals surface area contributed by atoms with Crippen molar-refractivity contribution >= 4 is 51.7 Å². The first-order valence-electron chi connectivity index (χ1n) is 10.1. The Morgan fingerprint density at radius 1 is 1.03 bits per heavy atom. The van der Waals surface area contributed by atoms with Gasteiger partial charge in [0.2, 0.25) is 0 Å². The standard InChI is InChI=1S/C24H20Cl3N3O2/c1-2-32-22-12-15(24(31)28-10-9-14-3-7-18(26)19(27)11-14)4-6-17(22)23-29-20-8-5-16(25)13-21(20)30-23/h3-8,11-13H,2,9-10H2,1H3,(H,28,31)(H,29,30). The molecule has 8 heteroatoms. The fraction of sp³-hybridized carbons (Fsp3) is 0.167. The number of benzene rings is 3. The lowest BCUT2D eigenvalue weighted by atomic mass is 10.1. The van der Waals surface area contributed by atoms with Crippen molar-refractivity contribution in [2.75, 3.05) is 13.2 Å². The summed E-state index contributed by atoms with van der Waals surface area (Å²) >= 11 is 18.1. The molecule has 0 saturated carbocycles. The average molecular weight is 489 g/mol. The lowest BCUT2D eigenvalue weighted by Crippen LogP contribution is -2.25. The quantitative estimate of drug-likeness (QED) is 0.309. The van der Waals surface area contributed by atoms with Crippen LogP contribution in [0.3, 0.4) is 0 Å². The lowest BCUT2D eigenvalue weighted by molar-refractivity contribution is 0.0953. The Balaban J connectivity index is 1.51. The number of carbonyl (C=O) groups excluding carboxylic acids is 1. The number of nitrogens with one attached hydrogen (secondary N) is 2. The van der Waals surface area contributed by atoms with Crippen molar-refractivity contribution in [2.45, 2.75) is 13.3 Å². The van der Waals surface area contributed by atoms with Crippen molar-refractivity contribution in [3.05, 3.63) is 80.8 Å². The molecule has 32 heavy (non-hydrogen) atoms. The zero-order chi connectivity index (χ0) is 22.7. The normalized spacial score (nSPS) is 11.0. The monoisotopic (exact) mass is 487 g/mol. The molecule has 0 aliphatic rings. The number of H-pyrrole nitrogens is 1. The molecule has 0 unspecified atom stereocenters. The van der Waals surface area contributed by atoms with Gasteiger partial charge in [0.15, 0.2) is 0 Å². The van der Waals surface area contributed by atoms with E-state index in [0.717, 1.165) is 22.2 Å². The third kappa shape index (κ3) is 5.01. The minimum absolute atomic E-state index is 0.186. The second kappa shape index (κ2) is 9.82. The predicted octanol–water partition coefficient (Wildman–Crippen LogP) is 6.56. The van der Waals surface area contributed by atoms with E-state index in [1.165, 1.54) is 0 Å². The highest BCUT2D eigenvalue weighted by atomic mass is 35.5. The Morgan fingerprint density at radius 3 is 2.66 bits per heavy atom. The molecule has 4 rings (SSSR count). The van der Waals surface area contributed by atoms with Crippen LogP contribution in [0.25, 0.3) is 22.4 Å². The third-order valence-corrected chi connectivity index (χ3v) is 5.90. The molecule has 0 atom stereocenters. The number of hydrogen-bond acceptors (Lipinski definition) is 3. The number of aromatic amines is 1. The van der Waals surface area contributed by atoms with E-state index < -0.39 is 0 Å². The van der Waals surface area contributed by atoms with Crippen LogP contribution >= 0.6 is 34.8 Å². The van der Waals surface area contributed by atoms with Crippen LogP contribution in [-0.2, 0) is 6.42 Å². The number of fused-ring (bicyclic) bond motifs is 1. The van der Waals surface area contributed by atoms with Crippen LogP contribution in [-0.4, -0.2) is 29.0 Å². The molecule has 0 aliphatic carbocycles. The molecule has 0 fully saturated rings. The van der Waals surface area contributed by atoms with Gasteiger partial charge in [-0.15, -0.1) is 0 Å². The molecule has 164 valence electrons. The van der Waals surface area contributed by atoms with Crippen molar-refractivity contribution in [2.24, 2.45) is 0 Å². The lowest BCUT2D eigenvalue weighted by Gasteiger charge is -2.11. The van der Waals surface area contributed by atoms with E-state index in [2.05, 4.69) is 15.3 Å². The zero-order valence-corrected chi connectivity index (χ0v) is 19.5. The summed E-state index contributed by atoms with van der Waals surface area (Å²) in [5.74, 6) is 1.04. The van der Waals surface area contributed by atoms with Gasteiger partial charge in [-0.3, -0.25) is 4.79 Å². The predicted molar refractivity (Wildman–Crippen MR) is 130 cm³/mol. The van der Waals surface area contributed by atoms with E-state index >= 15 is 0 Å². The molecule has 0 saturated heterocycles. The Hall–Kier alpha value is -2.73. The van der Waals surface area contributed by atoms with Crippen LogP contribution in [0.5, 0.6) is 5.75 Å². The highest BCUT2D eigenvalue weighted by molar-refractivity contribution is 6.42. The molecule has 1 heterocycles. The van der Waals surface area contributed by atoms with Gasteiger partial charge >= 0.3 is 0 Å². The Bertz CT molecular complexity index is 1290. The van der Waals surface area contributed by atoms with Crippen LogP contribution in [0.4, 0.5) is 0 Å². The van der Waals surface area contributed by atoms with E-state index in [-0.39, 0.29) is 5.91 Å². The van der Waals surface area contributed by atoms with Gasteiger partial charge in [0, 0.05) is 17.1 Å². The number of imidazole rings is 1. The number of ether oxygens (including phenoxy) is 1. The zero-order valence-electron chi connectivity index (χ0n) is 17.2. The molecule has 0 aliphatic heterocycles. The maximum Gasteiger partial charge on any atom is 0.251 e. The summed E-state index contributed by atoms with van der Waals surface area (Å²) < 4.78 is 5.81. The molecule has 1 amide bonds. The molecule has 5 nitrogen and oxygen atoms in total. The molecule has 0 bridgehead atoms. The SMILES string of the molecule is CCOc1cc(C(=O)NCCc2ccc(Cl)c(Cl)c2)ccc1-c1nc2ccc(Cl)cc2[nH]1. The van der Waals surface area contributed by atoms with E-state index in [4.69, 9.17) is 39.5 Å². The first-order valence-corrected chi connectivity index (χ1v) is 11.2. The molecule has 0 radical (unpaired) electrons. The Kier molecular flexibility index (Phi) is 6.89. The smallest absolute Gasteiger partial charge is 0.251 e. The summed E-state index contributed by atoms with van der Waals surface area (Å²) in [6.07, 6.45) is 0.639. The molecule has 3 aromatic carbocycles. The van der Waals surface area contributed by atoms with E-state index in [1.807, 2.05) is 31.2 Å². The van der Waals surface area contributed by atoms with Crippen LogP contribution in [0.1, 0.15) is 22.8 Å². The largest absolute Gasteiger partial charge is 0.493 e. The number of hydrogen-bond donors (Lipinski definition) is 2. The minimum atomic E-state index is -0.186. The third-order valence-electron chi connectivity index (χ3n) is 4.93. The van der Waals surface area contributed by atoms with E-state index in [9.17, 15) is 4.79 Å². The van der Waals surface area contributed by atoms with Gasteiger partial charge in [0.05, 0.1) is 33.2 Å². The summed E-state index contributed by atoms with van der Waals surface area (Å²) in [5, 5.41) is 4.57. The number of halogens is 3. The summed E-state index contributed by atoms with van der Waals surface area (Å²) in [4.78, 5) is 20.6. The highest BCUT2D eigenvalue weighted by Gasteiger charge is 2.15. The number of nitrogens with zero attached hydrogens (tertiary/aromatic N) is 1. The molecule has 0 spiro atoms. The van der Waals surface area contributed by atoms with E-state index in [0.29, 0.717) is 51.8 Å². The summed E-state index contributed by atoms with van der Waals surface area (Å²) in [7, 11) is 0. The van der Waals surface area contributed by atoms with Crippen molar-refractivity contribution in [3.63, 3.8) is 0 Å².